The molecule has 1 N–H and O–H groups in total. The van der Waals surface area contributed by atoms with Crippen LogP contribution < -0.4 is 0 Å². The van der Waals surface area contributed by atoms with Gasteiger partial charge in [-0.1, -0.05) is 0 Å². The van der Waals surface area contributed by atoms with Crippen LogP contribution in [-0.4, -0.2) is 74.9 Å². The summed E-state index contributed by atoms with van der Waals surface area (Å²) in [7, 11) is 2.17. The number of halogens is 1. The molecule has 1 fully saturated rings. The standard InChI is InChI=1S/C7H13BN2O4S.CH3Cl/c1-15(13,14)10-3-2-9(8)5-6(10)4-7(11)12;1-2/h6H,2-5H2,1H3,(H,11,12);1H3. The molecule has 0 aromatic rings. The molecular weight excluding hydrogens is 266 g/mol. The number of rotatable bonds is 3. The first kappa shape index (κ1) is 16.7. The van der Waals surface area contributed by atoms with Crippen LogP contribution in [0.3, 0.4) is 0 Å². The number of alkyl halides is 1. The Labute approximate surface area is 108 Å². The highest BCUT2D eigenvalue weighted by molar-refractivity contribution is 7.88. The summed E-state index contributed by atoms with van der Waals surface area (Å²) in [5.41, 5.74) is 0. The van der Waals surface area contributed by atoms with Crippen molar-refractivity contribution in [3.63, 3.8) is 0 Å². The first-order valence-electron chi connectivity index (χ1n) is 4.86. The second-order valence-electron chi connectivity index (χ2n) is 3.62. The molecule has 1 aliphatic heterocycles. The average molecular weight is 283 g/mol. The van der Waals surface area contributed by atoms with Crippen LogP contribution in [0.25, 0.3) is 0 Å². The van der Waals surface area contributed by atoms with Crippen LogP contribution in [-0.2, 0) is 14.8 Å². The Hall–Kier alpha value is -0.305. The van der Waals surface area contributed by atoms with E-state index in [0.717, 1.165) is 6.26 Å². The Kier molecular flexibility index (Phi) is 7.07. The molecule has 1 heterocycles. The van der Waals surface area contributed by atoms with E-state index in [-0.39, 0.29) is 19.5 Å². The first-order chi connectivity index (χ1) is 7.80. The van der Waals surface area contributed by atoms with Gasteiger partial charge in [0, 0.05) is 32.1 Å². The molecule has 1 atom stereocenters. The molecule has 0 amide bonds. The van der Waals surface area contributed by atoms with E-state index >= 15 is 0 Å². The van der Waals surface area contributed by atoms with Crippen LogP contribution in [0.5, 0.6) is 0 Å². The predicted octanol–water partition coefficient (Wildman–Crippen LogP) is -0.655. The summed E-state index contributed by atoms with van der Waals surface area (Å²) in [4.78, 5) is 12.0. The van der Waals surface area contributed by atoms with Crippen LogP contribution in [0.15, 0.2) is 0 Å². The van der Waals surface area contributed by atoms with Gasteiger partial charge in [0.1, 0.15) is 0 Å². The van der Waals surface area contributed by atoms with Crippen LogP contribution in [0.2, 0.25) is 0 Å². The maximum absolute atomic E-state index is 11.4. The highest BCUT2D eigenvalue weighted by Gasteiger charge is 2.32. The van der Waals surface area contributed by atoms with E-state index in [1.807, 2.05) is 0 Å². The molecule has 0 bridgehead atoms. The van der Waals surface area contributed by atoms with Gasteiger partial charge >= 0.3 is 5.97 Å². The van der Waals surface area contributed by atoms with Gasteiger partial charge in [-0.25, -0.2) is 8.42 Å². The fraction of sp³-hybridized carbons (Fsp3) is 0.875. The molecular formula is C8H16BClN2O4S. The zero-order valence-electron chi connectivity index (χ0n) is 9.84. The number of piperazine rings is 1. The highest BCUT2D eigenvalue weighted by atomic mass is 35.5. The van der Waals surface area contributed by atoms with Gasteiger partial charge in [0.25, 0.3) is 0 Å². The summed E-state index contributed by atoms with van der Waals surface area (Å²) in [6.07, 6.45) is 2.33. The Morgan fingerprint density at radius 1 is 1.47 bits per heavy atom. The van der Waals surface area contributed by atoms with Crippen molar-refractivity contribution in [2.75, 3.05) is 32.3 Å². The minimum atomic E-state index is -3.36. The second-order valence-corrected chi connectivity index (χ2v) is 5.56. The maximum atomic E-state index is 11.4. The number of sulfonamides is 1. The summed E-state index contributed by atoms with van der Waals surface area (Å²) >= 11 is 4.64. The lowest BCUT2D eigenvalue weighted by Crippen LogP contribution is -2.54. The molecule has 1 rings (SSSR count). The zero-order chi connectivity index (χ0) is 13.6. The van der Waals surface area contributed by atoms with Gasteiger partial charge in [0.2, 0.25) is 10.0 Å². The van der Waals surface area contributed by atoms with Crippen LogP contribution in [0, 0.1) is 0 Å². The molecule has 1 aliphatic rings. The molecule has 0 saturated carbocycles. The largest absolute Gasteiger partial charge is 0.481 e. The van der Waals surface area contributed by atoms with E-state index in [1.165, 1.54) is 15.5 Å². The van der Waals surface area contributed by atoms with Gasteiger partial charge in [-0.3, -0.25) is 4.79 Å². The van der Waals surface area contributed by atoms with Crippen molar-refractivity contribution in [2.45, 2.75) is 12.5 Å². The SMILES string of the molecule is CCl.[B]N1CCN(S(C)(=O)=O)C(CC(=O)O)C1. The molecule has 6 nitrogen and oxygen atoms in total. The predicted molar refractivity (Wildman–Crippen MR) is 66.7 cm³/mol. The third-order valence-electron chi connectivity index (χ3n) is 2.30. The average Bonchev–Trinajstić information content (AvgIpc) is 2.17. The van der Waals surface area contributed by atoms with Crippen LogP contribution in [0.4, 0.5) is 0 Å². The third kappa shape index (κ3) is 5.72. The van der Waals surface area contributed by atoms with E-state index in [4.69, 9.17) is 13.1 Å². The molecule has 9 heteroatoms. The molecule has 0 aromatic carbocycles. The molecule has 0 aromatic heterocycles. The Morgan fingerprint density at radius 3 is 2.41 bits per heavy atom. The lowest BCUT2D eigenvalue weighted by Gasteiger charge is -2.38. The Morgan fingerprint density at radius 2 is 2.00 bits per heavy atom. The molecule has 0 aliphatic carbocycles. The lowest BCUT2D eigenvalue weighted by atomic mass is 10.1. The number of nitrogens with zero attached hydrogens (tertiary/aromatic N) is 2. The normalized spacial score (nSPS) is 22.6. The van der Waals surface area contributed by atoms with Crippen LogP contribution in [0.1, 0.15) is 6.42 Å². The van der Waals surface area contributed by atoms with Crippen molar-refractivity contribution in [1.82, 2.24) is 9.12 Å². The van der Waals surface area contributed by atoms with E-state index in [9.17, 15) is 13.2 Å². The van der Waals surface area contributed by atoms with Crippen molar-refractivity contribution in [1.29, 1.82) is 0 Å². The summed E-state index contributed by atoms with van der Waals surface area (Å²) in [6, 6.07) is -0.573. The first-order valence-corrected chi connectivity index (χ1v) is 7.47. The molecule has 1 saturated heterocycles. The fourth-order valence-electron chi connectivity index (χ4n) is 1.67. The topological polar surface area (TPSA) is 77.9 Å². The summed E-state index contributed by atoms with van der Waals surface area (Å²) < 4.78 is 23.9. The number of carboxylic acids is 1. The van der Waals surface area contributed by atoms with Crippen LogP contribution >= 0.6 is 11.6 Å². The molecule has 0 spiro atoms. The number of aliphatic carboxylic acids is 1. The van der Waals surface area contributed by atoms with Crippen molar-refractivity contribution in [2.24, 2.45) is 0 Å². The lowest BCUT2D eigenvalue weighted by molar-refractivity contribution is -0.138. The second kappa shape index (κ2) is 7.20. The molecule has 98 valence electrons. The highest BCUT2D eigenvalue weighted by Crippen LogP contribution is 2.14. The summed E-state index contributed by atoms with van der Waals surface area (Å²) in [5, 5.41) is 8.65. The summed E-state index contributed by atoms with van der Waals surface area (Å²) in [6.45, 7) is 0.913. The third-order valence-corrected chi connectivity index (χ3v) is 3.63. The van der Waals surface area contributed by atoms with Crippen molar-refractivity contribution in [3.8, 4) is 0 Å². The van der Waals surface area contributed by atoms with E-state index < -0.39 is 22.0 Å². The van der Waals surface area contributed by atoms with E-state index in [0.29, 0.717) is 6.54 Å². The van der Waals surface area contributed by atoms with Crippen molar-refractivity contribution >= 4 is 35.6 Å². The Bertz CT molecular complexity index is 351. The van der Waals surface area contributed by atoms with Crippen molar-refractivity contribution < 1.29 is 18.3 Å². The molecule has 2 radical (unpaired) electrons. The van der Waals surface area contributed by atoms with Crippen molar-refractivity contribution in [3.05, 3.63) is 0 Å². The van der Waals surface area contributed by atoms with Gasteiger partial charge in [-0.2, -0.15) is 4.31 Å². The quantitative estimate of drug-likeness (QED) is 0.549. The smallest absolute Gasteiger partial charge is 0.305 e. The van der Waals surface area contributed by atoms with E-state index in [1.54, 1.807) is 0 Å². The number of carboxylic acid groups (broad SMARTS) is 1. The molecule has 1 unspecified atom stereocenters. The number of hydrogen-bond acceptors (Lipinski definition) is 4. The monoisotopic (exact) mass is 282 g/mol. The van der Waals surface area contributed by atoms with Gasteiger partial charge in [-0.05, 0) is 0 Å². The van der Waals surface area contributed by atoms with Gasteiger partial charge in [0.15, 0.2) is 7.98 Å². The number of carbonyl (C=O) groups is 1. The Balaban J connectivity index is 0.00000121. The maximum Gasteiger partial charge on any atom is 0.305 e. The van der Waals surface area contributed by atoms with Gasteiger partial charge < -0.3 is 9.92 Å². The minimum absolute atomic E-state index is 0.221. The van der Waals surface area contributed by atoms with Gasteiger partial charge in [-0.15, -0.1) is 11.6 Å². The zero-order valence-corrected chi connectivity index (χ0v) is 11.4. The van der Waals surface area contributed by atoms with E-state index in [2.05, 4.69) is 11.6 Å². The minimum Gasteiger partial charge on any atom is -0.481 e. The summed E-state index contributed by atoms with van der Waals surface area (Å²) in [5.74, 6) is -1.02. The fourth-order valence-corrected chi connectivity index (χ4v) is 2.76. The molecule has 17 heavy (non-hydrogen) atoms. The van der Waals surface area contributed by atoms with Gasteiger partial charge in [0.05, 0.1) is 12.7 Å². The number of hydrogen-bond donors (Lipinski definition) is 1.